The van der Waals surface area contributed by atoms with E-state index in [1.165, 1.54) is 18.2 Å². The molecule has 35 heavy (non-hydrogen) atoms. The van der Waals surface area contributed by atoms with E-state index in [0.29, 0.717) is 22.0 Å². The van der Waals surface area contributed by atoms with Crippen molar-refractivity contribution in [1.82, 2.24) is 3.97 Å². The third-order valence-corrected chi connectivity index (χ3v) is 6.89. The fraction of sp³-hybridized carbons (Fsp3) is 0.143. The second kappa shape index (κ2) is 9.35. The van der Waals surface area contributed by atoms with Crippen molar-refractivity contribution in [2.75, 3.05) is 0 Å². The Morgan fingerprint density at radius 3 is 2.11 bits per heavy atom. The average molecular weight is 488 g/mol. The molecule has 0 N–H and O–H groups in total. The summed E-state index contributed by atoms with van der Waals surface area (Å²) in [5, 5.41) is 0.551. The predicted molar refractivity (Wildman–Crippen MR) is 136 cm³/mol. The van der Waals surface area contributed by atoms with Gasteiger partial charge in [0.1, 0.15) is 11.3 Å². The number of hydrogen-bond donors (Lipinski definition) is 0. The van der Waals surface area contributed by atoms with Crippen LogP contribution in [0, 0.1) is 0 Å². The lowest BCUT2D eigenvalue weighted by atomic mass is 10.1. The quantitative estimate of drug-likeness (QED) is 0.205. The van der Waals surface area contributed by atoms with Crippen molar-refractivity contribution < 1.29 is 22.7 Å². The maximum absolute atomic E-state index is 13.6. The summed E-state index contributed by atoms with van der Waals surface area (Å²) < 4.78 is 33.6. The van der Waals surface area contributed by atoms with E-state index in [0.717, 1.165) is 3.97 Å². The van der Waals surface area contributed by atoms with Crippen LogP contribution in [0.5, 0.6) is 0 Å². The molecule has 4 rings (SSSR count). The van der Waals surface area contributed by atoms with E-state index < -0.39 is 27.4 Å². The first-order valence-electron chi connectivity index (χ1n) is 11.0. The van der Waals surface area contributed by atoms with Crippen LogP contribution in [0.1, 0.15) is 42.4 Å². The van der Waals surface area contributed by atoms with Crippen molar-refractivity contribution >= 4 is 38.8 Å². The number of hydrogen-bond acceptors (Lipinski definition) is 5. The van der Waals surface area contributed by atoms with Gasteiger partial charge in [0.05, 0.1) is 10.4 Å². The smallest absolute Gasteiger partial charge is 0.331 e. The normalized spacial score (nSPS) is 12.2. The van der Waals surface area contributed by atoms with Gasteiger partial charge in [-0.05, 0) is 62.7 Å². The Hall–Kier alpha value is -3.97. The van der Waals surface area contributed by atoms with Crippen LogP contribution in [0.3, 0.4) is 0 Å². The first kappa shape index (κ1) is 24.2. The van der Waals surface area contributed by atoms with Gasteiger partial charge in [0.25, 0.3) is 10.0 Å². The Balaban J connectivity index is 1.85. The lowest BCUT2D eigenvalue weighted by Crippen LogP contribution is -2.22. The van der Waals surface area contributed by atoms with Crippen LogP contribution in [0.15, 0.2) is 95.9 Å². The first-order chi connectivity index (χ1) is 16.6. The highest BCUT2D eigenvalue weighted by Crippen LogP contribution is 2.28. The van der Waals surface area contributed by atoms with Crippen LogP contribution < -0.4 is 0 Å². The molecule has 0 aliphatic carbocycles. The van der Waals surface area contributed by atoms with E-state index in [1.54, 1.807) is 99.6 Å². The van der Waals surface area contributed by atoms with Crippen LogP contribution in [0.2, 0.25) is 0 Å². The molecule has 0 saturated heterocycles. The number of ether oxygens (including phenoxy) is 1. The Labute approximate surface area is 204 Å². The summed E-state index contributed by atoms with van der Waals surface area (Å²) >= 11 is 0. The summed E-state index contributed by atoms with van der Waals surface area (Å²) in [5.41, 5.74) is 0.827. The van der Waals surface area contributed by atoms with E-state index in [9.17, 15) is 18.0 Å². The van der Waals surface area contributed by atoms with Gasteiger partial charge in [0.2, 0.25) is 5.78 Å². The Bertz CT molecular complexity index is 1530. The van der Waals surface area contributed by atoms with Gasteiger partial charge in [-0.25, -0.2) is 17.2 Å². The zero-order chi connectivity index (χ0) is 25.2. The van der Waals surface area contributed by atoms with Gasteiger partial charge in [-0.15, -0.1) is 0 Å². The molecule has 0 aliphatic rings. The second-order valence-electron chi connectivity index (χ2n) is 8.99. The minimum atomic E-state index is -4.06. The molecule has 0 bridgehead atoms. The molecular formula is C28H25NO5S. The standard InChI is InChI=1S/C28H25NO5S/c1-28(2,3)34-26(30)17-15-20-14-16-24-22(18-20)19-25(27(31)21-10-6-4-7-11-21)29(24)35(32,33)23-12-8-5-9-13-23/h4-19H,1-3H3/b17-15+. The molecule has 0 spiro atoms. The van der Waals surface area contributed by atoms with E-state index in [1.807, 2.05) is 0 Å². The Morgan fingerprint density at radius 2 is 1.49 bits per heavy atom. The van der Waals surface area contributed by atoms with E-state index in [4.69, 9.17) is 4.74 Å². The van der Waals surface area contributed by atoms with Crippen molar-refractivity contribution in [2.24, 2.45) is 0 Å². The third-order valence-electron chi connectivity index (χ3n) is 5.15. The Morgan fingerprint density at radius 1 is 0.857 bits per heavy atom. The SMILES string of the molecule is CC(C)(C)OC(=O)/C=C/c1ccc2c(c1)cc(C(=O)c1ccccc1)n2S(=O)(=O)c1ccccc1. The zero-order valence-corrected chi connectivity index (χ0v) is 20.5. The Kier molecular flexibility index (Phi) is 6.45. The summed E-state index contributed by atoms with van der Waals surface area (Å²) in [7, 11) is -4.06. The minimum absolute atomic E-state index is 0.0309. The van der Waals surface area contributed by atoms with Gasteiger partial charge in [-0.1, -0.05) is 54.6 Å². The minimum Gasteiger partial charge on any atom is -0.457 e. The number of carbonyl (C=O) groups is 2. The molecule has 0 radical (unpaired) electrons. The van der Waals surface area contributed by atoms with Gasteiger partial charge in [-0.3, -0.25) is 4.79 Å². The molecule has 0 fully saturated rings. The lowest BCUT2D eigenvalue weighted by molar-refractivity contribution is -0.148. The molecule has 0 unspecified atom stereocenters. The summed E-state index contributed by atoms with van der Waals surface area (Å²) in [6, 6.07) is 23.1. The maximum atomic E-state index is 13.6. The lowest BCUT2D eigenvalue weighted by Gasteiger charge is -2.17. The average Bonchev–Trinajstić information content (AvgIpc) is 3.22. The monoisotopic (exact) mass is 487 g/mol. The fourth-order valence-electron chi connectivity index (χ4n) is 3.66. The molecule has 1 aromatic heterocycles. The highest BCUT2D eigenvalue weighted by atomic mass is 32.2. The summed E-state index contributed by atoms with van der Waals surface area (Å²) in [6.45, 7) is 5.35. The van der Waals surface area contributed by atoms with E-state index >= 15 is 0 Å². The molecule has 0 atom stereocenters. The molecule has 6 nitrogen and oxygen atoms in total. The second-order valence-corrected chi connectivity index (χ2v) is 10.8. The van der Waals surface area contributed by atoms with Gasteiger partial charge in [0, 0.05) is 17.0 Å². The molecule has 0 amide bonds. The van der Waals surface area contributed by atoms with Crippen molar-refractivity contribution in [3.8, 4) is 0 Å². The number of carbonyl (C=O) groups excluding carboxylic acids is 2. The largest absolute Gasteiger partial charge is 0.457 e. The third kappa shape index (κ3) is 5.25. The highest BCUT2D eigenvalue weighted by Gasteiger charge is 2.27. The number of fused-ring (bicyclic) bond motifs is 1. The topological polar surface area (TPSA) is 82.4 Å². The van der Waals surface area contributed by atoms with Crippen LogP contribution in [0.25, 0.3) is 17.0 Å². The van der Waals surface area contributed by atoms with E-state index in [2.05, 4.69) is 0 Å². The van der Waals surface area contributed by atoms with Crippen molar-refractivity contribution in [2.45, 2.75) is 31.3 Å². The van der Waals surface area contributed by atoms with Gasteiger partial charge in [0.15, 0.2) is 0 Å². The van der Waals surface area contributed by atoms with Crippen LogP contribution >= 0.6 is 0 Å². The number of nitrogens with zero attached hydrogens (tertiary/aromatic N) is 1. The fourth-order valence-corrected chi connectivity index (χ4v) is 5.20. The van der Waals surface area contributed by atoms with Gasteiger partial charge >= 0.3 is 5.97 Å². The van der Waals surface area contributed by atoms with Crippen LogP contribution in [-0.2, 0) is 19.6 Å². The van der Waals surface area contributed by atoms with Crippen molar-refractivity contribution in [1.29, 1.82) is 0 Å². The molecule has 3 aromatic carbocycles. The predicted octanol–water partition coefficient (Wildman–Crippen LogP) is 5.46. The number of benzene rings is 3. The zero-order valence-electron chi connectivity index (χ0n) is 19.6. The summed E-state index contributed by atoms with van der Waals surface area (Å²) in [5.74, 6) is -0.895. The van der Waals surface area contributed by atoms with Crippen molar-refractivity contribution in [3.05, 3.63) is 108 Å². The molecule has 0 saturated carbocycles. The van der Waals surface area contributed by atoms with Gasteiger partial charge in [-0.2, -0.15) is 0 Å². The first-order valence-corrected chi connectivity index (χ1v) is 12.5. The van der Waals surface area contributed by atoms with E-state index in [-0.39, 0.29) is 10.6 Å². The molecule has 0 aliphatic heterocycles. The molecule has 4 aromatic rings. The number of rotatable bonds is 6. The van der Waals surface area contributed by atoms with Crippen LogP contribution in [-0.4, -0.2) is 29.7 Å². The molecule has 178 valence electrons. The number of esters is 1. The molecular weight excluding hydrogens is 462 g/mol. The maximum Gasteiger partial charge on any atom is 0.331 e. The van der Waals surface area contributed by atoms with Gasteiger partial charge < -0.3 is 4.74 Å². The summed E-state index contributed by atoms with van der Waals surface area (Å²) in [4.78, 5) is 25.5. The van der Waals surface area contributed by atoms with Crippen LogP contribution in [0.4, 0.5) is 0 Å². The summed E-state index contributed by atoms with van der Waals surface area (Å²) in [6.07, 6.45) is 2.91. The van der Waals surface area contributed by atoms with Crippen molar-refractivity contribution in [3.63, 3.8) is 0 Å². The molecule has 1 heterocycles. The molecule has 7 heteroatoms. The number of aromatic nitrogens is 1. The number of ketones is 1. The highest BCUT2D eigenvalue weighted by molar-refractivity contribution is 7.90.